The molecule has 0 aliphatic carbocycles. The minimum Gasteiger partial charge on any atom is -0.508 e. The highest BCUT2D eigenvalue weighted by molar-refractivity contribution is 8.77. The lowest BCUT2D eigenvalue weighted by molar-refractivity contribution is -0.143. The van der Waals surface area contributed by atoms with Crippen molar-refractivity contribution in [3.05, 3.63) is 59.7 Å². The molecule has 0 saturated carbocycles. The zero-order valence-corrected chi connectivity index (χ0v) is 59.7. The summed E-state index contributed by atoms with van der Waals surface area (Å²) >= 11 is 0. The molecule has 4 bridgehead atoms. The molecule has 99 heavy (non-hydrogen) atoms. The number of ketones is 5. The predicted octanol–water partition coefficient (Wildman–Crippen LogP) is 0.592. The van der Waals surface area contributed by atoms with E-state index in [4.69, 9.17) is 11.5 Å². The number of aliphatic hydroxyl groups excluding tert-OH is 1. The standard InChI is InChI=1S/C64H86N10O19S6/c1-32(19-35-6-10-40(76)11-7-35)20-52(81)45-29-97-99-30-46-62(91)72-47-31-98-96-28-42(65)51(80)24-39(59(88)69-43(14-17-56(85)86)53(82)22-37(58(87)71-46)21-36-8-12-41(77)13-9-36)27-95-94-26-38(60(89)73-57(34(3)75)49(78)15-16-55(84)68-45)23-50(79)33(2)67-63(92)48-5-4-18-74(48)64(93)44(25-54(66)83)70-61(47)90/h6-13,32-34,37-39,42-48,57,75-77H,4-5,14-31,65H2,1-3H3,(H2,66,83)(H,67,92)(H,68,84)(H,69,88)(H,70,90)(H,71,87)(H,72,91)(H,73,89)(H,85,86)/t32-,33?,34+,37-,38?,39+,42?,43?,44+,45?,46-,47?,48?,57?/m1/s1. The second-order valence-corrected chi connectivity index (χ2v) is 32.7. The summed E-state index contributed by atoms with van der Waals surface area (Å²) in [5.74, 6) is -19.9. The Morgan fingerprint density at radius 3 is 1.75 bits per heavy atom. The summed E-state index contributed by atoms with van der Waals surface area (Å²) in [5.41, 5.74) is 13.3. The zero-order valence-electron chi connectivity index (χ0n) is 54.8. The number of phenols is 2. The van der Waals surface area contributed by atoms with E-state index in [-0.39, 0.29) is 78.4 Å². The number of nitrogens with zero attached hydrogens (tertiary/aromatic N) is 1. The fraction of sp³-hybridized carbons (Fsp3) is 0.578. The molecule has 15 N–H and O–H groups in total. The highest BCUT2D eigenvalue weighted by Gasteiger charge is 2.42. The monoisotopic (exact) mass is 1490 g/mol. The number of nitrogens with two attached hydrogens (primary N) is 2. The molecule has 0 spiro atoms. The van der Waals surface area contributed by atoms with E-state index in [0.717, 1.165) is 75.2 Å². The number of Topliss-reactive ketones (excluding diaryl/α,β-unsaturated/α-hetero) is 5. The van der Waals surface area contributed by atoms with Crippen LogP contribution in [0.4, 0.5) is 0 Å². The molecule has 35 heteroatoms. The predicted molar refractivity (Wildman–Crippen MR) is 375 cm³/mol. The first-order chi connectivity index (χ1) is 47.0. The van der Waals surface area contributed by atoms with Crippen LogP contribution >= 0.6 is 64.8 Å². The number of amides is 9. The molecule has 4 fully saturated rings. The quantitative estimate of drug-likeness (QED) is 0.122. The number of phenolic OH excluding ortho intramolecular Hbond substituents is 2. The van der Waals surface area contributed by atoms with Crippen molar-refractivity contribution in [1.29, 1.82) is 0 Å². The Labute approximate surface area is 595 Å². The summed E-state index contributed by atoms with van der Waals surface area (Å²) < 4.78 is 0. The Morgan fingerprint density at radius 1 is 0.596 bits per heavy atom. The van der Waals surface area contributed by atoms with Crippen LogP contribution in [0.2, 0.25) is 0 Å². The van der Waals surface area contributed by atoms with Crippen molar-refractivity contribution < 1.29 is 92.3 Å². The summed E-state index contributed by atoms with van der Waals surface area (Å²) in [6, 6.07) is -1.79. The van der Waals surface area contributed by atoms with Gasteiger partial charge >= 0.3 is 5.97 Å². The van der Waals surface area contributed by atoms with Crippen LogP contribution in [0.25, 0.3) is 0 Å². The number of carbonyl (C=O) groups is 15. The van der Waals surface area contributed by atoms with E-state index in [1.807, 2.05) is 0 Å². The minimum absolute atomic E-state index is 0.0263. The second kappa shape index (κ2) is 39.9. The Kier molecular flexibility index (Phi) is 32.7. The molecule has 4 saturated heterocycles. The molecular formula is C64H86N10O19S6. The normalized spacial score (nSPS) is 28.1. The lowest BCUT2D eigenvalue weighted by atomic mass is 9.89. The van der Waals surface area contributed by atoms with Crippen LogP contribution in [0.3, 0.4) is 0 Å². The SMILES string of the molecule is CC1NC(=O)C2CCCN2C(=O)[C@H](CC(N)=O)NC(=O)C2CSSCC(N)C(=O)C[C@H]3CSSCC(CC1=O)C(=O)NC([C@H](C)O)C(=O)CCC(=O)NC(C(=O)C[C@H](C)Cc1ccc(O)cc1)CSSC[C@@H](NC(=O)[C@H](Cc1ccc(O)cc1)CC(=O)C(CCC(=O)O)NC3=O)C(=O)N2. The van der Waals surface area contributed by atoms with Gasteiger partial charge in [-0.05, 0) is 87.3 Å². The summed E-state index contributed by atoms with van der Waals surface area (Å²) in [5, 5.41) is 59.4. The van der Waals surface area contributed by atoms with Gasteiger partial charge in [0.05, 0.1) is 48.5 Å². The maximum atomic E-state index is 15.2. The van der Waals surface area contributed by atoms with Crippen molar-refractivity contribution in [3.8, 4) is 11.5 Å². The number of fused-ring (bicyclic) bond motifs is 20. The molecular weight excluding hydrogens is 1410 g/mol. The first-order valence-electron chi connectivity index (χ1n) is 32.2. The van der Waals surface area contributed by atoms with Gasteiger partial charge in [-0.2, -0.15) is 0 Å². The molecule has 29 nitrogen and oxygen atoms in total. The third kappa shape index (κ3) is 26.2. The number of aliphatic carboxylic acids is 1. The van der Waals surface area contributed by atoms with E-state index in [9.17, 15) is 82.8 Å². The molecule has 4 aliphatic heterocycles. The van der Waals surface area contributed by atoms with Gasteiger partial charge in [0.2, 0.25) is 53.2 Å². The lowest BCUT2D eigenvalue weighted by Gasteiger charge is -2.30. The smallest absolute Gasteiger partial charge is 0.303 e. The Balaban J connectivity index is 1.54. The van der Waals surface area contributed by atoms with Crippen molar-refractivity contribution in [2.24, 2.45) is 35.1 Å². The maximum Gasteiger partial charge on any atom is 0.303 e. The van der Waals surface area contributed by atoms with E-state index in [1.54, 1.807) is 19.1 Å². The highest BCUT2D eigenvalue weighted by Crippen LogP contribution is 2.32. The summed E-state index contributed by atoms with van der Waals surface area (Å²) in [6.45, 7) is 4.25. The van der Waals surface area contributed by atoms with E-state index in [1.165, 1.54) is 50.2 Å². The summed E-state index contributed by atoms with van der Waals surface area (Å²) in [7, 11) is 5.66. The Hall–Kier alpha value is -6.89. The number of aliphatic hydroxyl groups is 1. The number of nitrogens with one attached hydrogen (secondary N) is 7. The molecule has 0 radical (unpaired) electrons. The van der Waals surface area contributed by atoms with Gasteiger partial charge in [0.1, 0.15) is 41.7 Å². The average molecular weight is 1490 g/mol. The molecule has 6 rings (SSSR count). The van der Waals surface area contributed by atoms with Gasteiger partial charge in [-0.25, -0.2) is 0 Å². The third-order valence-corrected chi connectivity index (χ3v) is 24.3. The Bertz CT molecular complexity index is 3280. The van der Waals surface area contributed by atoms with Crippen molar-refractivity contribution in [2.45, 2.75) is 165 Å². The fourth-order valence-electron chi connectivity index (χ4n) is 11.2. The topological polar surface area (TPSA) is 476 Å². The van der Waals surface area contributed by atoms with Crippen molar-refractivity contribution in [1.82, 2.24) is 42.1 Å². The molecule has 14 atom stereocenters. The lowest BCUT2D eigenvalue weighted by Crippen LogP contribution is -2.60. The summed E-state index contributed by atoms with van der Waals surface area (Å²) in [4.78, 5) is 215. The van der Waals surface area contributed by atoms with Crippen LogP contribution in [-0.2, 0) is 84.8 Å². The van der Waals surface area contributed by atoms with Gasteiger partial charge < -0.3 is 74.0 Å². The fourth-order valence-corrected chi connectivity index (χ4v) is 18.5. The van der Waals surface area contributed by atoms with Gasteiger partial charge in [-0.1, -0.05) is 96.0 Å². The molecule has 9 amide bonds. The largest absolute Gasteiger partial charge is 0.508 e. The first-order valence-corrected chi connectivity index (χ1v) is 39.7. The highest BCUT2D eigenvalue weighted by atomic mass is 33.1. The minimum atomic E-state index is -1.78. The molecule has 4 aliphatic rings. The number of carbonyl (C=O) groups excluding carboxylic acids is 14. The maximum absolute atomic E-state index is 15.2. The van der Waals surface area contributed by atoms with Crippen LogP contribution in [0.5, 0.6) is 11.5 Å². The van der Waals surface area contributed by atoms with Gasteiger partial charge in [-0.15, -0.1) is 0 Å². The van der Waals surface area contributed by atoms with Crippen LogP contribution in [0, 0.1) is 23.7 Å². The van der Waals surface area contributed by atoms with E-state index < -0.39 is 223 Å². The van der Waals surface area contributed by atoms with Crippen molar-refractivity contribution in [3.63, 3.8) is 0 Å². The summed E-state index contributed by atoms with van der Waals surface area (Å²) in [6.07, 6.45) is -6.42. The number of benzene rings is 2. The molecule has 4 heterocycles. The van der Waals surface area contributed by atoms with Gasteiger partial charge in [0, 0.05) is 91.9 Å². The van der Waals surface area contributed by atoms with Gasteiger partial charge in [0.15, 0.2) is 28.9 Å². The number of hydrogen-bond donors (Lipinski definition) is 13. The first kappa shape index (κ1) is 81.1. The number of primary amides is 1. The van der Waals surface area contributed by atoms with Crippen LogP contribution < -0.4 is 48.7 Å². The number of hydrogen-bond acceptors (Lipinski definition) is 25. The van der Waals surface area contributed by atoms with Crippen molar-refractivity contribution in [2.75, 3.05) is 41.1 Å². The molecule has 0 aromatic heterocycles. The number of carboxylic acid groups (broad SMARTS) is 1. The van der Waals surface area contributed by atoms with Crippen LogP contribution in [-0.4, -0.2) is 215 Å². The Morgan fingerprint density at radius 2 is 1.14 bits per heavy atom. The number of carboxylic acids is 1. The second-order valence-electron chi connectivity index (χ2n) is 25.0. The van der Waals surface area contributed by atoms with Gasteiger partial charge in [-0.3, -0.25) is 71.9 Å². The molecule has 542 valence electrons. The van der Waals surface area contributed by atoms with Crippen molar-refractivity contribution >= 4 is 153 Å². The van der Waals surface area contributed by atoms with Crippen LogP contribution in [0.15, 0.2) is 48.5 Å². The molecule has 8 unspecified atom stereocenters. The average Bonchev–Trinajstić information content (AvgIpc) is 1.76. The van der Waals surface area contributed by atoms with Gasteiger partial charge in [0.25, 0.3) is 0 Å². The molecule has 2 aromatic carbocycles. The van der Waals surface area contributed by atoms with Crippen LogP contribution in [0.1, 0.15) is 103 Å². The third-order valence-electron chi connectivity index (χ3n) is 16.9. The van der Waals surface area contributed by atoms with E-state index >= 15 is 9.59 Å². The molecule has 2 aromatic rings. The number of aromatic hydroxyl groups is 2. The zero-order chi connectivity index (χ0) is 72.6. The number of rotatable bonds is 13. The van der Waals surface area contributed by atoms with E-state index in [0.29, 0.717) is 12.0 Å². The van der Waals surface area contributed by atoms with E-state index in [2.05, 4.69) is 37.2 Å².